The number of aromatic nitrogens is 4. The predicted molar refractivity (Wildman–Crippen MR) is 48.3 cm³/mol. The van der Waals surface area contributed by atoms with Gasteiger partial charge in [-0.25, -0.2) is 0 Å². The first kappa shape index (κ1) is 8.62. The molecule has 2 heterocycles. The van der Waals surface area contributed by atoms with E-state index in [0.29, 0.717) is 0 Å². The van der Waals surface area contributed by atoms with Gasteiger partial charge in [-0.3, -0.25) is 0 Å². The van der Waals surface area contributed by atoms with Crippen molar-refractivity contribution in [2.75, 3.05) is 13.1 Å². The van der Waals surface area contributed by atoms with Gasteiger partial charge in [0.25, 0.3) is 0 Å². The molecule has 5 heteroatoms. The zero-order chi connectivity index (χ0) is 9.15. The molecule has 0 radical (unpaired) electrons. The molecule has 0 aliphatic carbocycles. The Balaban J connectivity index is 2.23. The molecule has 1 aliphatic rings. The van der Waals surface area contributed by atoms with Gasteiger partial charge in [0.2, 0.25) is 0 Å². The van der Waals surface area contributed by atoms with Crippen molar-refractivity contribution in [3.63, 3.8) is 0 Å². The fraction of sp³-hybridized carbons (Fsp3) is 0.875. The highest BCUT2D eigenvalue weighted by Gasteiger charge is 2.35. The Morgan fingerprint density at radius 1 is 1.38 bits per heavy atom. The van der Waals surface area contributed by atoms with Crippen LogP contribution in [0.25, 0.3) is 0 Å². The average Bonchev–Trinajstić information content (AvgIpc) is 2.72. The second kappa shape index (κ2) is 3.41. The summed E-state index contributed by atoms with van der Waals surface area (Å²) in [5.74, 6) is 0.886. The summed E-state index contributed by atoms with van der Waals surface area (Å²) in [6, 6.07) is 0. The first-order valence-corrected chi connectivity index (χ1v) is 4.82. The zero-order valence-electron chi connectivity index (χ0n) is 7.88. The third kappa shape index (κ3) is 1.44. The van der Waals surface area contributed by atoms with Crippen LogP contribution >= 0.6 is 0 Å². The van der Waals surface area contributed by atoms with Crippen LogP contribution in [0.2, 0.25) is 0 Å². The van der Waals surface area contributed by atoms with Gasteiger partial charge < -0.3 is 5.32 Å². The lowest BCUT2D eigenvalue weighted by Gasteiger charge is -2.33. The molecule has 1 aromatic rings. The van der Waals surface area contributed by atoms with Crippen LogP contribution in [0.1, 0.15) is 32.0 Å². The van der Waals surface area contributed by atoms with E-state index in [2.05, 4.69) is 32.9 Å². The second-order valence-corrected chi connectivity index (χ2v) is 3.62. The lowest BCUT2D eigenvalue weighted by atomic mass is 9.76. The Bertz CT molecular complexity index is 250. The van der Waals surface area contributed by atoms with E-state index in [0.717, 1.165) is 38.2 Å². The number of hydrogen-bond acceptors (Lipinski definition) is 4. The summed E-state index contributed by atoms with van der Waals surface area (Å²) in [7, 11) is 0. The van der Waals surface area contributed by atoms with Gasteiger partial charge >= 0.3 is 0 Å². The van der Waals surface area contributed by atoms with Crippen LogP contribution in [0, 0.1) is 0 Å². The largest absolute Gasteiger partial charge is 0.317 e. The topological polar surface area (TPSA) is 66.5 Å². The number of aromatic amines is 1. The molecule has 0 saturated carbocycles. The first-order chi connectivity index (χ1) is 6.37. The molecule has 5 nitrogen and oxygen atoms in total. The Kier molecular flexibility index (Phi) is 2.26. The molecule has 13 heavy (non-hydrogen) atoms. The fourth-order valence-corrected chi connectivity index (χ4v) is 2.03. The number of nitrogens with zero attached hydrogens (tertiary/aromatic N) is 3. The standard InChI is InChI=1S/C8H15N5/c1-2-8(3-5-9-6-4-8)7-10-12-13-11-7/h9H,2-6H2,1H3,(H,10,11,12,13). The SMILES string of the molecule is CCC1(c2nn[nH]n2)CCNCC1. The van der Waals surface area contributed by atoms with E-state index < -0.39 is 0 Å². The summed E-state index contributed by atoms with van der Waals surface area (Å²) in [4.78, 5) is 0. The minimum Gasteiger partial charge on any atom is -0.317 e. The highest BCUT2D eigenvalue weighted by atomic mass is 15.5. The van der Waals surface area contributed by atoms with E-state index in [9.17, 15) is 0 Å². The fourth-order valence-electron chi connectivity index (χ4n) is 2.03. The summed E-state index contributed by atoms with van der Waals surface area (Å²) in [5, 5.41) is 17.7. The predicted octanol–water partition coefficient (Wildman–Crippen LogP) is 0.231. The van der Waals surface area contributed by atoms with E-state index in [-0.39, 0.29) is 5.41 Å². The van der Waals surface area contributed by atoms with Crippen molar-refractivity contribution >= 4 is 0 Å². The molecule has 1 saturated heterocycles. The maximum atomic E-state index is 4.11. The maximum Gasteiger partial charge on any atom is 0.180 e. The smallest absolute Gasteiger partial charge is 0.180 e. The van der Waals surface area contributed by atoms with Crippen LogP contribution in [0.5, 0.6) is 0 Å². The van der Waals surface area contributed by atoms with Crippen LogP contribution in [0.4, 0.5) is 0 Å². The molecule has 0 aromatic carbocycles. The average molecular weight is 181 g/mol. The molecule has 1 aliphatic heterocycles. The Hall–Kier alpha value is -0.970. The van der Waals surface area contributed by atoms with Crippen molar-refractivity contribution in [2.45, 2.75) is 31.6 Å². The third-order valence-corrected chi connectivity index (χ3v) is 3.06. The normalized spacial score (nSPS) is 21.6. The Morgan fingerprint density at radius 2 is 2.15 bits per heavy atom. The minimum atomic E-state index is 0.165. The van der Waals surface area contributed by atoms with Crippen molar-refractivity contribution in [1.82, 2.24) is 25.9 Å². The van der Waals surface area contributed by atoms with Crippen molar-refractivity contribution in [3.8, 4) is 0 Å². The molecule has 1 fully saturated rings. The molecule has 0 spiro atoms. The summed E-state index contributed by atoms with van der Waals surface area (Å²) in [6.07, 6.45) is 3.32. The number of H-pyrrole nitrogens is 1. The third-order valence-electron chi connectivity index (χ3n) is 3.06. The Morgan fingerprint density at radius 3 is 2.69 bits per heavy atom. The molecule has 0 bridgehead atoms. The summed E-state index contributed by atoms with van der Waals surface area (Å²) in [5.41, 5.74) is 0.165. The van der Waals surface area contributed by atoms with Gasteiger partial charge in [0.15, 0.2) is 5.82 Å². The van der Waals surface area contributed by atoms with Crippen LogP contribution < -0.4 is 5.32 Å². The highest BCUT2D eigenvalue weighted by molar-refractivity contribution is 5.06. The van der Waals surface area contributed by atoms with E-state index >= 15 is 0 Å². The van der Waals surface area contributed by atoms with Crippen molar-refractivity contribution in [2.24, 2.45) is 0 Å². The molecule has 2 rings (SSSR count). The van der Waals surface area contributed by atoms with Crippen LogP contribution in [-0.4, -0.2) is 33.7 Å². The number of piperidine rings is 1. The quantitative estimate of drug-likeness (QED) is 0.685. The highest BCUT2D eigenvalue weighted by Crippen LogP contribution is 2.33. The molecule has 0 atom stereocenters. The van der Waals surface area contributed by atoms with E-state index in [4.69, 9.17) is 0 Å². The molecule has 0 unspecified atom stereocenters. The molecular formula is C8H15N5. The summed E-state index contributed by atoms with van der Waals surface area (Å²) in [6.45, 7) is 4.31. The lowest BCUT2D eigenvalue weighted by Crippen LogP contribution is -2.40. The van der Waals surface area contributed by atoms with E-state index in [1.165, 1.54) is 0 Å². The summed E-state index contributed by atoms with van der Waals surface area (Å²) >= 11 is 0. The van der Waals surface area contributed by atoms with E-state index in [1.807, 2.05) is 0 Å². The molecule has 1 aromatic heterocycles. The number of nitrogens with one attached hydrogen (secondary N) is 2. The van der Waals surface area contributed by atoms with Crippen LogP contribution in [0.3, 0.4) is 0 Å². The van der Waals surface area contributed by atoms with Gasteiger partial charge in [0.05, 0.1) is 0 Å². The van der Waals surface area contributed by atoms with Crippen molar-refractivity contribution < 1.29 is 0 Å². The van der Waals surface area contributed by atoms with E-state index in [1.54, 1.807) is 0 Å². The zero-order valence-corrected chi connectivity index (χ0v) is 7.88. The van der Waals surface area contributed by atoms with Crippen LogP contribution in [-0.2, 0) is 5.41 Å². The maximum absolute atomic E-state index is 4.11. The lowest BCUT2D eigenvalue weighted by molar-refractivity contribution is 0.282. The molecule has 2 N–H and O–H groups in total. The number of hydrogen-bond donors (Lipinski definition) is 2. The molecule has 72 valence electrons. The molecular weight excluding hydrogens is 166 g/mol. The number of tetrazole rings is 1. The Labute approximate surface area is 77.3 Å². The van der Waals surface area contributed by atoms with Crippen LogP contribution in [0.15, 0.2) is 0 Å². The second-order valence-electron chi connectivity index (χ2n) is 3.62. The summed E-state index contributed by atoms with van der Waals surface area (Å²) < 4.78 is 0. The van der Waals surface area contributed by atoms with Gasteiger partial charge in [0, 0.05) is 5.41 Å². The van der Waals surface area contributed by atoms with Gasteiger partial charge in [-0.1, -0.05) is 12.1 Å². The van der Waals surface area contributed by atoms with Crippen molar-refractivity contribution in [1.29, 1.82) is 0 Å². The number of rotatable bonds is 2. The first-order valence-electron chi connectivity index (χ1n) is 4.82. The van der Waals surface area contributed by atoms with Crippen molar-refractivity contribution in [3.05, 3.63) is 5.82 Å². The minimum absolute atomic E-state index is 0.165. The van der Waals surface area contributed by atoms with Gasteiger partial charge in [-0.2, -0.15) is 5.21 Å². The van der Waals surface area contributed by atoms with Gasteiger partial charge in [0.1, 0.15) is 0 Å². The monoisotopic (exact) mass is 181 g/mol. The van der Waals surface area contributed by atoms with Gasteiger partial charge in [-0.15, -0.1) is 10.2 Å². The molecule has 0 amide bonds. The van der Waals surface area contributed by atoms with Gasteiger partial charge in [-0.05, 0) is 32.4 Å².